The summed E-state index contributed by atoms with van der Waals surface area (Å²) in [7, 11) is 0. The van der Waals surface area contributed by atoms with Gasteiger partial charge in [-0.1, -0.05) is 35.5 Å². The molecule has 5 rings (SSSR count). The van der Waals surface area contributed by atoms with Gasteiger partial charge in [0.2, 0.25) is 0 Å². The first-order chi connectivity index (χ1) is 15.1. The van der Waals surface area contributed by atoms with Gasteiger partial charge in [0.25, 0.3) is 0 Å². The number of nitrogens with zero attached hydrogens (tertiary/aromatic N) is 7. The minimum atomic E-state index is 0.166. The SMILES string of the molecule is Cc1c(C)n(-c2ccc(Br)cn2)c2ncn3nc(CON=Cc4ccccc4)nc3c12. The van der Waals surface area contributed by atoms with Gasteiger partial charge in [0.05, 0.1) is 11.6 Å². The molecule has 8 nitrogen and oxygen atoms in total. The highest BCUT2D eigenvalue weighted by molar-refractivity contribution is 9.10. The average molecular weight is 476 g/mol. The third-order valence-electron chi connectivity index (χ3n) is 5.09. The number of aromatic nitrogens is 6. The summed E-state index contributed by atoms with van der Waals surface area (Å²) in [5, 5.41) is 9.43. The molecule has 1 aromatic carbocycles. The number of pyridine rings is 1. The van der Waals surface area contributed by atoms with Crippen molar-refractivity contribution in [2.45, 2.75) is 20.5 Å². The van der Waals surface area contributed by atoms with Crippen molar-refractivity contribution in [2.24, 2.45) is 5.16 Å². The van der Waals surface area contributed by atoms with E-state index in [1.807, 2.05) is 47.0 Å². The number of hydrogen-bond donors (Lipinski definition) is 0. The van der Waals surface area contributed by atoms with Gasteiger partial charge in [0, 0.05) is 16.4 Å². The van der Waals surface area contributed by atoms with E-state index in [0.29, 0.717) is 5.82 Å². The predicted molar refractivity (Wildman–Crippen MR) is 121 cm³/mol. The zero-order valence-corrected chi connectivity index (χ0v) is 18.5. The van der Waals surface area contributed by atoms with Crippen LogP contribution in [0.25, 0.3) is 22.5 Å². The second-order valence-corrected chi connectivity index (χ2v) is 7.95. The summed E-state index contributed by atoms with van der Waals surface area (Å²) in [5.41, 5.74) is 4.62. The molecule has 4 aromatic heterocycles. The molecule has 0 saturated heterocycles. The zero-order valence-electron chi connectivity index (χ0n) is 16.9. The maximum Gasteiger partial charge on any atom is 0.192 e. The molecule has 0 aliphatic carbocycles. The molecule has 0 aliphatic heterocycles. The maximum atomic E-state index is 5.40. The van der Waals surface area contributed by atoms with E-state index in [4.69, 9.17) is 4.84 Å². The molecule has 4 heterocycles. The largest absolute Gasteiger partial charge is 0.387 e. The van der Waals surface area contributed by atoms with Crippen molar-refractivity contribution < 1.29 is 4.84 Å². The summed E-state index contributed by atoms with van der Waals surface area (Å²) < 4.78 is 4.63. The second-order valence-electron chi connectivity index (χ2n) is 7.04. The highest BCUT2D eigenvalue weighted by Crippen LogP contribution is 2.29. The number of halogens is 1. The Morgan fingerprint density at radius 2 is 1.90 bits per heavy atom. The van der Waals surface area contributed by atoms with Crippen LogP contribution in [-0.2, 0) is 11.4 Å². The minimum absolute atomic E-state index is 0.166. The van der Waals surface area contributed by atoms with E-state index >= 15 is 0 Å². The van der Waals surface area contributed by atoms with Gasteiger partial charge in [-0.3, -0.25) is 4.57 Å². The zero-order chi connectivity index (χ0) is 21.4. The molecule has 0 unspecified atom stereocenters. The Labute approximate surface area is 186 Å². The summed E-state index contributed by atoms with van der Waals surface area (Å²) in [6.45, 7) is 4.28. The van der Waals surface area contributed by atoms with Crippen LogP contribution in [0.5, 0.6) is 0 Å². The molecule has 5 aromatic rings. The van der Waals surface area contributed by atoms with Crippen molar-refractivity contribution in [3.8, 4) is 5.82 Å². The lowest BCUT2D eigenvalue weighted by atomic mass is 10.2. The van der Waals surface area contributed by atoms with Crippen LogP contribution in [0.4, 0.5) is 0 Å². The van der Waals surface area contributed by atoms with Gasteiger partial charge in [-0.25, -0.2) is 19.5 Å². The van der Waals surface area contributed by atoms with Crippen molar-refractivity contribution in [2.75, 3.05) is 0 Å². The number of benzene rings is 1. The van der Waals surface area contributed by atoms with Gasteiger partial charge >= 0.3 is 0 Å². The topological polar surface area (TPSA) is 82.5 Å². The molecular weight excluding hydrogens is 458 g/mol. The van der Waals surface area contributed by atoms with Gasteiger partial charge in [-0.2, -0.15) is 0 Å². The Hall–Kier alpha value is -3.59. The molecule has 0 aliphatic rings. The summed E-state index contributed by atoms with van der Waals surface area (Å²) in [5.74, 6) is 1.33. The Balaban J connectivity index is 1.49. The van der Waals surface area contributed by atoms with Crippen LogP contribution in [0.2, 0.25) is 0 Å². The van der Waals surface area contributed by atoms with Crippen molar-refractivity contribution in [1.82, 2.24) is 29.1 Å². The van der Waals surface area contributed by atoms with E-state index in [1.165, 1.54) is 0 Å². The standard InChI is InChI=1S/C22H18BrN7O/c1-14-15(2)30(19-9-8-17(23)11-24-19)21-20(14)22-27-18(28-29(22)13-25-21)12-31-26-10-16-6-4-3-5-7-16/h3-11,13H,12H2,1-2H3. The lowest BCUT2D eigenvalue weighted by Crippen LogP contribution is -2.01. The first-order valence-electron chi connectivity index (χ1n) is 9.66. The van der Waals surface area contributed by atoms with Gasteiger partial charge in [0.15, 0.2) is 23.7 Å². The van der Waals surface area contributed by atoms with Gasteiger partial charge in [-0.05, 0) is 53.0 Å². The summed E-state index contributed by atoms with van der Waals surface area (Å²) in [6, 6.07) is 13.7. The van der Waals surface area contributed by atoms with Gasteiger partial charge < -0.3 is 4.84 Å². The molecule has 31 heavy (non-hydrogen) atoms. The van der Waals surface area contributed by atoms with E-state index < -0.39 is 0 Å². The van der Waals surface area contributed by atoms with Crippen LogP contribution in [0, 0.1) is 13.8 Å². The molecule has 0 amide bonds. The predicted octanol–water partition coefficient (Wildman–Crippen LogP) is 4.39. The van der Waals surface area contributed by atoms with Crippen molar-refractivity contribution >= 4 is 38.8 Å². The molecule has 0 saturated carbocycles. The van der Waals surface area contributed by atoms with Crippen LogP contribution in [0.3, 0.4) is 0 Å². The van der Waals surface area contributed by atoms with E-state index in [9.17, 15) is 0 Å². The minimum Gasteiger partial charge on any atom is -0.387 e. The third-order valence-corrected chi connectivity index (χ3v) is 5.56. The smallest absolute Gasteiger partial charge is 0.192 e. The molecule has 154 valence electrons. The molecule has 0 fully saturated rings. The van der Waals surface area contributed by atoms with E-state index in [-0.39, 0.29) is 6.61 Å². The van der Waals surface area contributed by atoms with Crippen molar-refractivity contribution in [3.63, 3.8) is 0 Å². The number of oxime groups is 1. The molecule has 0 spiro atoms. The van der Waals surface area contributed by atoms with E-state index in [1.54, 1.807) is 23.3 Å². The molecular formula is C22H18BrN7O. The fourth-order valence-electron chi connectivity index (χ4n) is 3.48. The van der Waals surface area contributed by atoms with Crippen LogP contribution >= 0.6 is 15.9 Å². The maximum absolute atomic E-state index is 5.40. The fourth-order valence-corrected chi connectivity index (χ4v) is 3.71. The Morgan fingerprint density at radius 1 is 1.06 bits per heavy atom. The van der Waals surface area contributed by atoms with Crippen LogP contribution < -0.4 is 0 Å². The normalized spacial score (nSPS) is 11.7. The summed E-state index contributed by atoms with van der Waals surface area (Å²) in [4.78, 5) is 19.2. The van der Waals surface area contributed by atoms with Gasteiger partial charge in [-0.15, -0.1) is 5.10 Å². The number of aryl methyl sites for hydroxylation is 1. The molecule has 0 atom stereocenters. The van der Waals surface area contributed by atoms with Crippen LogP contribution in [0.15, 0.2) is 64.6 Å². The molecule has 0 N–H and O–H groups in total. The first kappa shape index (κ1) is 19.4. The highest BCUT2D eigenvalue weighted by Gasteiger charge is 2.19. The van der Waals surface area contributed by atoms with Crippen LogP contribution in [0.1, 0.15) is 22.6 Å². The summed E-state index contributed by atoms with van der Waals surface area (Å²) >= 11 is 3.44. The Morgan fingerprint density at radius 3 is 2.68 bits per heavy atom. The fraction of sp³-hybridized carbons (Fsp3) is 0.136. The molecule has 0 bridgehead atoms. The van der Waals surface area contributed by atoms with E-state index in [2.05, 4.69) is 55.0 Å². The Kier molecular flexibility index (Phi) is 4.95. The van der Waals surface area contributed by atoms with Crippen molar-refractivity contribution in [1.29, 1.82) is 0 Å². The quantitative estimate of drug-likeness (QED) is 0.278. The Bertz CT molecular complexity index is 1410. The van der Waals surface area contributed by atoms with Crippen LogP contribution in [-0.4, -0.2) is 35.3 Å². The number of hydrogen-bond acceptors (Lipinski definition) is 6. The number of rotatable bonds is 5. The lowest BCUT2D eigenvalue weighted by molar-refractivity contribution is 0.126. The third kappa shape index (κ3) is 3.57. The van der Waals surface area contributed by atoms with Crippen molar-refractivity contribution in [3.05, 3.63) is 82.1 Å². The summed E-state index contributed by atoms with van der Waals surface area (Å²) in [6.07, 6.45) is 5.10. The lowest BCUT2D eigenvalue weighted by Gasteiger charge is -2.06. The van der Waals surface area contributed by atoms with E-state index in [0.717, 1.165) is 43.8 Å². The average Bonchev–Trinajstić information content (AvgIpc) is 3.31. The first-order valence-corrected chi connectivity index (χ1v) is 10.5. The van der Waals surface area contributed by atoms with Gasteiger partial charge in [0.1, 0.15) is 12.1 Å². The monoisotopic (exact) mass is 475 g/mol. The second kappa shape index (κ2) is 7.92. The number of fused-ring (bicyclic) bond motifs is 3. The molecule has 9 heteroatoms. The highest BCUT2D eigenvalue weighted by atomic mass is 79.9. The molecule has 0 radical (unpaired) electrons.